The lowest BCUT2D eigenvalue weighted by Gasteiger charge is -2.29. The van der Waals surface area contributed by atoms with Crippen molar-refractivity contribution in [1.82, 2.24) is 5.32 Å². The number of halogens is 2. The number of aryl methyl sites for hydroxylation is 1. The van der Waals surface area contributed by atoms with Crippen LogP contribution in [-0.4, -0.2) is 18.0 Å². The van der Waals surface area contributed by atoms with Crippen LogP contribution in [-0.2, 0) is 0 Å². The molecule has 0 aromatic heterocycles. The Morgan fingerprint density at radius 2 is 2.05 bits per heavy atom. The fourth-order valence-electron chi connectivity index (χ4n) is 2.62. The third-order valence-corrected chi connectivity index (χ3v) is 4.26. The van der Waals surface area contributed by atoms with Crippen molar-refractivity contribution in [3.63, 3.8) is 0 Å². The van der Waals surface area contributed by atoms with Crippen LogP contribution in [0, 0.1) is 6.92 Å². The van der Waals surface area contributed by atoms with Crippen LogP contribution in [0.3, 0.4) is 0 Å². The zero-order valence-electron chi connectivity index (χ0n) is 11.0. The highest BCUT2D eigenvalue weighted by Gasteiger charge is 2.34. The molecule has 1 fully saturated rings. The second kappa shape index (κ2) is 6.73. The molecule has 0 spiro atoms. The van der Waals surface area contributed by atoms with E-state index in [1.165, 1.54) is 0 Å². The Labute approximate surface area is 128 Å². The van der Waals surface area contributed by atoms with Gasteiger partial charge in [0, 0.05) is 16.6 Å². The van der Waals surface area contributed by atoms with E-state index in [9.17, 15) is 4.79 Å². The SMILES string of the molecule is Cc1cc(Br)ccc1C(=O)NC1(CN)CCCC1.Cl. The molecular weight excluding hydrogens is 328 g/mol. The average Bonchev–Trinajstić information content (AvgIpc) is 2.78. The topological polar surface area (TPSA) is 55.1 Å². The van der Waals surface area contributed by atoms with Gasteiger partial charge in [-0.05, 0) is 43.5 Å². The van der Waals surface area contributed by atoms with Gasteiger partial charge in [-0.25, -0.2) is 0 Å². The molecular formula is C14H20BrClN2O. The molecule has 3 nitrogen and oxygen atoms in total. The first-order valence-electron chi connectivity index (χ1n) is 6.35. The van der Waals surface area contributed by atoms with Crippen molar-refractivity contribution in [2.75, 3.05) is 6.54 Å². The lowest BCUT2D eigenvalue weighted by molar-refractivity contribution is 0.0902. The fraction of sp³-hybridized carbons (Fsp3) is 0.500. The van der Waals surface area contributed by atoms with E-state index in [0.717, 1.165) is 41.3 Å². The van der Waals surface area contributed by atoms with Gasteiger partial charge in [0.2, 0.25) is 0 Å². The molecule has 0 unspecified atom stereocenters. The number of nitrogens with one attached hydrogen (secondary N) is 1. The van der Waals surface area contributed by atoms with Crippen molar-refractivity contribution < 1.29 is 4.79 Å². The van der Waals surface area contributed by atoms with Crippen LogP contribution in [0.5, 0.6) is 0 Å². The van der Waals surface area contributed by atoms with Gasteiger partial charge < -0.3 is 11.1 Å². The van der Waals surface area contributed by atoms with E-state index in [-0.39, 0.29) is 23.9 Å². The van der Waals surface area contributed by atoms with Gasteiger partial charge in [0.25, 0.3) is 5.91 Å². The zero-order chi connectivity index (χ0) is 13.2. The van der Waals surface area contributed by atoms with Gasteiger partial charge in [-0.2, -0.15) is 0 Å². The summed E-state index contributed by atoms with van der Waals surface area (Å²) in [5.41, 5.74) is 7.36. The van der Waals surface area contributed by atoms with Gasteiger partial charge in [-0.1, -0.05) is 28.8 Å². The molecule has 0 saturated heterocycles. The van der Waals surface area contributed by atoms with Gasteiger partial charge in [0.05, 0.1) is 5.54 Å². The number of rotatable bonds is 3. The van der Waals surface area contributed by atoms with Crippen molar-refractivity contribution >= 4 is 34.2 Å². The largest absolute Gasteiger partial charge is 0.345 e. The van der Waals surface area contributed by atoms with E-state index >= 15 is 0 Å². The van der Waals surface area contributed by atoms with E-state index in [1.54, 1.807) is 0 Å². The van der Waals surface area contributed by atoms with Gasteiger partial charge in [0.15, 0.2) is 0 Å². The Balaban J connectivity index is 0.00000180. The summed E-state index contributed by atoms with van der Waals surface area (Å²) in [6.07, 6.45) is 4.28. The van der Waals surface area contributed by atoms with Crippen LogP contribution in [0.25, 0.3) is 0 Å². The fourth-order valence-corrected chi connectivity index (χ4v) is 3.10. The standard InChI is InChI=1S/C14H19BrN2O.ClH/c1-10-8-11(15)4-5-12(10)13(18)17-14(9-16)6-2-3-7-14;/h4-5,8H,2-3,6-7,9,16H2,1H3,(H,17,18);1H. The summed E-state index contributed by atoms with van der Waals surface area (Å²) in [4.78, 5) is 12.3. The molecule has 1 amide bonds. The molecule has 0 radical (unpaired) electrons. The molecule has 1 aromatic rings. The van der Waals surface area contributed by atoms with E-state index in [2.05, 4.69) is 21.2 Å². The first kappa shape index (κ1) is 16.5. The van der Waals surface area contributed by atoms with Crippen LogP contribution in [0.4, 0.5) is 0 Å². The summed E-state index contributed by atoms with van der Waals surface area (Å²) in [6.45, 7) is 2.47. The number of carbonyl (C=O) groups is 1. The lowest BCUT2D eigenvalue weighted by atomic mass is 9.96. The molecule has 1 aliphatic rings. The first-order valence-corrected chi connectivity index (χ1v) is 7.14. The minimum absolute atomic E-state index is 0. The molecule has 0 aliphatic heterocycles. The third-order valence-electron chi connectivity index (χ3n) is 3.76. The molecule has 19 heavy (non-hydrogen) atoms. The Morgan fingerprint density at radius 3 is 2.58 bits per heavy atom. The van der Waals surface area contributed by atoms with E-state index < -0.39 is 0 Å². The quantitative estimate of drug-likeness (QED) is 0.882. The molecule has 1 aliphatic carbocycles. The zero-order valence-corrected chi connectivity index (χ0v) is 13.4. The summed E-state index contributed by atoms with van der Waals surface area (Å²) in [6, 6.07) is 5.71. The van der Waals surface area contributed by atoms with Crippen molar-refractivity contribution in [3.8, 4) is 0 Å². The first-order chi connectivity index (χ1) is 8.56. The molecule has 5 heteroatoms. The van der Waals surface area contributed by atoms with Crippen molar-refractivity contribution in [2.24, 2.45) is 5.73 Å². The summed E-state index contributed by atoms with van der Waals surface area (Å²) in [5.74, 6) is -0.00708. The molecule has 3 N–H and O–H groups in total. The molecule has 106 valence electrons. The minimum atomic E-state index is -0.184. The highest BCUT2D eigenvalue weighted by molar-refractivity contribution is 9.10. The molecule has 1 saturated carbocycles. The maximum Gasteiger partial charge on any atom is 0.252 e. The number of carbonyl (C=O) groups excluding carboxylic acids is 1. The van der Waals surface area contributed by atoms with Crippen LogP contribution in [0.15, 0.2) is 22.7 Å². The Hall–Kier alpha value is -0.580. The predicted molar refractivity (Wildman–Crippen MR) is 83.8 cm³/mol. The van der Waals surface area contributed by atoms with E-state index in [4.69, 9.17) is 5.73 Å². The summed E-state index contributed by atoms with van der Waals surface area (Å²) in [5, 5.41) is 3.14. The highest BCUT2D eigenvalue weighted by Crippen LogP contribution is 2.29. The Bertz CT molecular complexity index is 459. The third kappa shape index (κ3) is 3.71. The van der Waals surface area contributed by atoms with Crippen molar-refractivity contribution in [2.45, 2.75) is 38.1 Å². The monoisotopic (exact) mass is 346 g/mol. The van der Waals surface area contributed by atoms with Gasteiger partial charge in [0.1, 0.15) is 0 Å². The number of benzene rings is 1. The normalized spacial score (nSPS) is 16.8. The average molecular weight is 348 g/mol. The molecule has 0 heterocycles. The maximum atomic E-state index is 12.3. The number of amides is 1. The Morgan fingerprint density at radius 1 is 1.42 bits per heavy atom. The second-order valence-corrected chi connectivity index (χ2v) is 6.02. The van der Waals surface area contributed by atoms with Crippen LogP contribution in [0.1, 0.15) is 41.6 Å². The predicted octanol–water partition coefficient (Wildman–Crippen LogP) is 3.18. The Kier molecular flexibility index (Phi) is 5.83. The number of hydrogen-bond acceptors (Lipinski definition) is 2. The van der Waals surface area contributed by atoms with Gasteiger partial charge in [-0.15, -0.1) is 12.4 Å². The second-order valence-electron chi connectivity index (χ2n) is 5.10. The molecule has 1 aromatic carbocycles. The van der Waals surface area contributed by atoms with Crippen LogP contribution >= 0.6 is 28.3 Å². The van der Waals surface area contributed by atoms with E-state index in [0.29, 0.717) is 6.54 Å². The smallest absolute Gasteiger partial charge is 0.252 e. The highest BCUT2D eigenvalue weighted by atomic mass is 79.9. The summed E-state index contributed by atoms with van der Waals surface area (Å²) in [7, 11) is 0. The lowest BCUT2D eigenvalue weighted by Crippen LogP contribution is -2.51. The summed E-state index contributed by atoms with van der Waals surface area (Å²) < 4.78 is 0.992. The summed E-state index contributed by atoms with van der Waals surface area (Å²) >= 11 is 3.41. The van der Waals surface area contributed by atoms with Crippen molar-refractivity contribution in [1.29, 1.82) is 0 Å². The molecule has 2 rings (SSSR count). The van der Waals surface area contributed by atoms with E-state index in [1.807, 2.05) is 25.1 Å². The molecule has 0 atom stereocenters. The van der Waals surface area contributed by atoms with Gasteiger partial charge >= 0.3 is 0 Å². The van der Waals surface area contributed by atoms with Crippen molar-refractivity contribution in [3.05, 3.63) is 33.8 Å². The van der Waals surface area contributed by atoms with Crippen LogP contribution < -0.4 is 11.1 Å². The molecule has 0 bridgehead atoms. The maximum absolute atomic E-state index is 12.3. The van der Waals surface area contributed by atoms with Gasteiger partial charge in [-0.3, -0.25) is 4.79 Å². The number of nitrogens with two attached hydrogens (primary N) is 1. The van der Waals surface area contributed by atoms with Crippen LogP contribution in [0.2, 0.25) is 0 Å². The minimum Gasteiger partial charge on any atom is -0.345 e. The number of hydrogen-bond donors (Lipinski definition) is 2.